The number of rotatable bonds is 6. The molecule has 0 aromatic heterocycles. The van der Waals surface area contributed by atoms with Crippen LogP contribution in [-0.4, -0.2) is 40.7 Å². The predicted molar refractivity (Wildman–Crippen MR) is 107 cm³/mol. The Labute approximate surface area is 164 Å². The van der Waals surface area contributed by atoms with Gasteiger partial charge in [0.25, 0.3) is 5.91 Å². The quantitative estimate of drug-likeness (QED) is 0.640. The van der Waals surface area contributed by atoms with E-state index in [2.05, 4.69) is 10.6 Å². The zero-order valence-electron chi connectivity index (χ0n) is 15.4. The first-order chi connectivity index (χ1) is 12.3. The molecule has 1 heterocycles. The van der Waals surface area contributed by atoms with Gasteiger partial charge in [-0.3, -0.25) is 4.79 Å². The SMILES string of the molecule is CCOc1cc([C@H]2NC(=S)NC(C)=C2C(=O)N(CC)CC)cc(Cl)c1O. The number of phenols is 1. The zero-order valence-corrected chi connectivity index (χ0v) is 16.9. The van der Waals surface area contributed by atoms with Crippen molar-refractivity contribution >= 4 is 34.8 Å². The van der Waals surface area contributed by atoms with Crippen LogP contribution in [0, 0.1) is 0 Å². The molecule has 1 atom stereocenters. The molecule has 0 radical (unpaired) electrons. The van der Waals surface area contributed by atoms with Crippen LogP contribution in [0.4, 0.5) is 0 Å². The van der Waals surface area contributed by atoms with Crippen molar-refractivity contribution in [3.8, 4) is 11.5 Å². The number of likely N-dealkylation sites (N-methyl/N-ethyl adjacent to an activating group) is 1. The molecule has 1 aromatic rings. The first kappa shape index (κ1) is 20.3. The van der Waals surface area contributed by atoms with Crippen LogP contribution in [0.25, 0.3) is 0 Å². The number of halogens is 1. The maximum atomic E-state index is 13.1. The van der Waals surface area contributed by atoms with Crippen LogP contribution in [0.15, 0.2) is 23.4 Å². The van der Waals surface area contributed by atoms with Crippen molar-refractivity contribution in [1.29, 1.82) is 0 Å². The number of allylic oxidation sites excluding steroid dienone is 1. The van der Waals surface area contributed by atoms with Gasteiger partial charge in [0.2, 0.25) is 0 Å². The summed E-state index contributed by atoms with van der Waals surface area (Å²) in [6, 6.07) is 2.81. The van der Waals surface area contributed by atoms with E-state index in [0.29, 0.717) is 41.6 Å². The van der Waals surface area contributed by atoms with E-state index in [0.717, 1.165) is 0 Å². The smallest absolute Gasteiger partial charge is 0.253 e. The molecule has 2 rings (SSSR count). The molecule has 26 heavy (non-hydrogen) atoms. The number of nitrogens with zero attached hydrogens (tertiary/aromatic N) is 1. The second-order valence-electron chi connectivity index (χ2n) is 5.83. The Morgan fingerprint density at radius 3 is 2.58 bits per heavy atom. The number of aromatic hydroxyl groups is 1. The second kappa shape index (κ2) is 8.60. The van der Waals surface area contributed by atoms with Gasteiger partial charge in [0.15, 0.2) is 16.6 Å². The molecular formula is C18H24ClN3O3S. The summed E-state index contributed by atoms with van der Waals surface area (Å²) in [6.07, 6.45) is 0. The van der Waals surface area contributed by atoms with E-state index in [-0.39, 0.29) is 22.4 Å². The van der Waals surface area contributed by atoms with Crippen molar-refractivity contribution in [1.82, 2.24) is 15.5 Å². The third-order valence-corrected chi connectivity index (χ3v) is 4.74. The van der Waals surface area contributed by atoms with Crippen molar-refractivity contribution in [2.45, 2.75) is 33.7 Å². The average Bonchev–Trinajstić information content (AvgIpc) is 2.59. The zero-order chi connectivity index (χ0) is 19.4. The van der Waals surface area contributed by atoms with Gasteiger partial charge < -0.3 is 25.4 Å². The number of benzene rings is 1. The normalized spacial score (nSPS) is 16.8. The number of phenolic OH excluding ortho intramolecular Hbond substituents is 1. The van der Waals surface area contributed by atoms with Crippen LogP contribution >= 0.6 is 23.8 Å². The van der Waals surface area contributed by atoms with Gasteiger partial charge in [-0.1, -0.05) is 11.6 Å². The topological polar surface area (TPSA) is 73.8 Å². The van der Waals surface area contributed by atoms with Gasteiger partial charge in [0.05, 0.1) is 23.2 Å². The summed E-state index contributed by atoms with van der Waals surface area (Å²) in [7, 11) is 0. The fourth-order valence-electron chi connectivity index (χ4n) is 2.93. The minimum Gasteiger partial charge on any atom is -0.503 e. The summed E-state index contributed by atoms with van der Waals surface area (Å²) in [4.78, 5) is 14.8. The molecule has 0 fully saturated rings. The first-order valence-electron chi connectivity index (χ1n) is 8.56. The highest BCUT2D eigenvalue weighted by Gasteiger charge is 2.32. The third kappa shape index (κ3) is 4.04. The fourth-order valence-corrected chi connectivity index (χ4v) is 3.42. The summed E-state index contributed by atoms with van der Waals surface area (Å²) < 4.78 is 5.47. The minimum absolute atomic E-state index is 0.0813. The van der Waals surface area contributed by atoms with Crippen LogP contribution in [0.2, 0.25) is 5.02 Å². The van der Waals surface area contributed by atoms with Gasteiger partial charge in [0.1, 0.15) is 0 Å². The number of hydrogen-bond donors (Lipinski definition) is 3. The number of nitrogens with one attached hydrogen (secondary N) is 2. The van der Waals surface area contributed by atoms with Crippen molar-refractivity contribution in [2.24, 2.45) is 0 Å². The van der Waals surface area contributed by atoms with E-state index >= 15 is 0 Å². The molecule has 0 spiro atoms. The van der Waals surface area contributed by atoms with E-state index in [1.807, 2.05) is 27.7 Å². The Morgan fingerprint density at radius 1 is 1.35 bits per heavy atom. The van der Waals surface area contributed by atoms with Crippen LogP contribution in [0.1, 0.15) is 39.3 Å². The van der Waals surface area contributed by atoms with E-state index < -0.39 is 6.04 Å². The minimum atomic E-state index is -0.492. The largest absolute Gasteiger partial charge is 0.503 e. The third-order valence-electron chi connectivity index (χ3n) is 4.23. The Morgan fingerprint density at radius 2 is 2.00 bits per heavy atom. The van der Waals surface area contributed by atoms with Crippen molar-refractivity contribution < 1.29 is 14.6 Å². The summed E-state index contributed by atoms with van der Waals surface area (Å²) in [6.45, 7) is 9.09. The molecule has 1 aliphatic rings. The molecule has 0 aliphatic carbocycles. The van der Waals surface area contributed by atoms with Gasteiger partial charge in [-0.2, -0.15) is 0 Å². The Bertz CT molecular complexity index is 747. The van der Waals surface area contributed by atoms with Crippen molar-refractivity contribution in [3.63, 3.8) is 0 Å². The van der Waals surface area contributed by atoms with Crippen molar-refractivity contribution in [3.05, 3.63) is 34.0 Å². The highest BCUT2D eigenvalue weighted by atomic mass is 35.5. The average molecular weight is 398 g/mol. The maximum absolute atomic E-state index is 13.1. The molecule has 1 amide bonds. The van der Waals surface area contributed by atoms with Gasteiger partial charge in [-0.05, 0) is 57.6 Å². The number of ether oxygens (including phenoxy) is 1. The van der Waals surface area contributed by atoms with Gasteiger partial charge in [-0.15, -0.1) is 0 Å². The summed E-state index contributed by atoms with van der Waals surface area (Å²) >= 11 is 11.4. The Hall–Kier alpha value is -1.99. The molecule has 1 aromatic carbocycles. The highest BCUT2D eigenvalue weighted by Crippen LogP contribution is 2.39. The highest BCUT2D eigenvalue weighted by molar-refractivity contribution is 7.80. The molecule has 0 saturated carbocycles. The molecular weight excluding hydrogens is 374 g/mol. The predicted octanol–water partition coefficient (Wildman–Crippen LogP) is 3.11. The van der Waals surface area contributed by atoms with E-state index in [4.69, 9.17) is 28.6 Å². The lowest BCUT2D eigenvalue weighted by atomic mass is 9.94. The van der Waals surface area contributed by atoms with E-state index in [9.17, 15) is 9.90 Å². The number of hydrogen-bond acceptors (Lipinski definition) is 4. The second-order valence-corrected chi connectivity index (χ2v) is 6.65. The monoisotopic (exact) mass is 397 g/mol. The lowest BCUT2D eigenvalue weighted by molar-refractivity contribution is -0.127. The van der Waals surface area contributed by atoms with Crippen LogP contribution in [0.5, 0.6) is 11.5 Å². The standard InChI is InChI=1S/C18H24ClN3O3S/c1-5-22(6-2)17(24)14-10(4)20-18(26)21-15(14)11-8-12(19)16(23)13(9-11)25-7-3/h8-9,15,23H,5-7H2,1-4H3,(H2,20,21,26)/t15-/m1/s1. The van der Waals surface area contributed by atoms with Crippen LogP contribution in [0.3, 0.4) is 0 Å². The van der Waals surface area contributed by atoms with Crippen LogP contribution < -0.4 is 15.4 Å². The molecule has 3 N–H and O–H groups in total. The lowest BCUT2D eigenvalue weighted by Gasteiger charge is -2.33. The molecule has 0 bridgehead atoms. The number of thiocarbonyl (C=S) groups is 1. The Balaban J connectivity index is 2.56. The van der Waals surface area contributed by atoms with Crippen LogP contribution in [-0.2, 0) is 4.79 Å². The van der Waals surface area contributed by atoms with Gasteiger partial charge in [0, 0.05) is 18.8 Å². The van der Waals surface area contributed by atoms with Gasteiger partial charge in [-0.25, -0.2) is 0 Å². The maximum Gasteiger partial charge on any atom is 0.253 e. The molecule has 0 unspecified atom stereocenters. The molecule has 8 heteroatoms. The lowest BCUT2D eigenvalue weighted by Crippen LogP contribution is -2.47. The molecule has 142 valence electrons. The fraction of sp³-hybridized carbons (Fsp3) is 0.444. The van der Waals surface area contributed by atoms with E-state index in [1.165, 1.54) is 0 Å². The molecule has 6 nitrogen and oxygen atoms in total. The summed E-state index contributed by atoms with van der Waals surface area (Å²) in [5.41, 5.74) is 1.94. The van der Waals surface area contributed by atoms with Crippen molar-refractivity contribution in [2.75, 3.05) is 19.7 Å². The number of carbonyl (C=O) groups is 1. The van der Waals surface area contributed by atoms with Gasteiger partial charge >= 0.3 is 0 Å². The van der Waals surface area contributed by atoms with E-state index in [1.54, 1.807) is 17.0 Å². The number of carbonyl (C=O) groups excluding carboxylic acids is 1. The molecule has 1 aliphatic heterocycles. The molecule has 0 saturated heterocycles. The first-order valence-corrected chi connectivity index (χ1v) is 9.35. The summed E-state index contributed by atoms with van der Waals surface area (Å²) in [5.74, 6) is 0.0711. The number of amides is 1. The Kier molecular flexibility index (Phi) is 6.72. The summed E-state index contributed by atoms with van der Waals surface area (Å²) in [5, 5.41) is 16.8.